The Labute approximate surface area is 131 Å². The van der Waals surface area contributed by atoms with Crippen LogP contribution in [-0.2, 0) is 14.3 Å². The molecule has 1 aromatic carbocycles. The van der Waals surface area contributed by atoms with Gasteiger partial charge in [-0.3, -0.25) is 9.59 Å². The van der Waals surface area contributed by atoms with Crippen LogP contribution in [0.1, 0.15) is 34.1 Å². The molecule has 0 spiro atoms. The van der Waals surface area contributed by atoms with Crippen molar-refractivity contribution in [3.63, 3.8) is 0 Å². The number of nitrogens with one attached hydrogen (secondary N) is 1. The molecule has 5 heteroatoms. The topological polar surface area (TPSA) is 58.6 Å². The maximum absolute atomic E-state index is 12.6. The molecule has 0 saturated heterocycles. The number of ether oxygens (including phenoxy) is 1. The molecular weight excluding hydrogens is 280 g/mol. The third kappa shape index (κ3) is 3.59. The van der Waals surface area contributed by atoms with Crippen molar-refractivity contribution in [3.8, 4) is 0 Å². The molecule has 2 rings (SSSR count). The van der Waals surface area contributed by atoms with Crippen molar-refractivity contribution in [1.82, 2.24) is 0 Å². The lowest BCUT2D eigenvalue weighted by Crippen LogP contribution is -2.54. The second-order valence-electron chi connectivity index (χ2n) is 6.54. The van der Waals surface area contributed by atoms with E-state index in [1.165, 1.54) is 0 Å². The number of anilines is 2. The lowest BCUT2D eigenvalue weighted by molar-refractivity contribution is -0.144. The van der Waals surface area contributed by atoms with Gasteiger partial charge < -0.3 is 15.0 Å². The number of hydrogen-bond acceptors (Lipinski definition) is 4. The van der Waals surface area contributed by atoms with E-state index in [1.54, 1.807) is 4.90 Å². The monoisotopic (exact) mass is 304 g/mol. The van der Waals surface area contributed by atoms with Gasteiger partial charge in [-0.1, -0.05) is 26.0 Å². The van der Waals surface area contributed by atoms with E-state index in [0.29, 0.717) is 13.0 Å². The molecule has 0 radical (unpaired) electrons. The predicted molar refractivity (Wildman–Crippen MR) is 86.9 cm³/mol. The highest BCUT2D eigenvalue weighted by atomic mass is 16.5. The molecule has 1 aromatic rings. The molecular formula is C17H24N2O3. The maximum atomic E-state index is 12.6. The average Bonchev–Trinajstić information content (AvgIpc) is 2.42. The van der Waals surface area contributed by atoms with Gasteiger partial charge in [0.2, 0.25) is 0 Å². The Bertz CT molecular complexity index is 567. The lowest BCUT2D eigenvalue weighted by Gasteiger charge is -2.39. The fraction of sp³-hybridized carbons (Fsp3) is 0.529. The molecule has 120 valence electrons. The summed E-state index contributed by atoms with van der Waals surface area (Å²) >= 11 is 0. The third-order valence-corrected chi connectivity index (χ3v) is 3.57. The Balaban J connectivity index is 2.06. The normalized spacial score (nSPS) is 16.2. The van der Waals surface area contributed by atoms with Crippen molar-refractivity contribution in [2.45, 2.75) is 39.7 Å². The molecule has 1 N–H and O–H groups in total. The van der Waals surface area contributed by atoms with Gasteiger partial charge >= 0.3 is 5.97 Å². The summed E-state index contributed by atoms with van der Waals surface area (Å²) in [6, 6.07) is 7.66. The summed E-state index contributed by atoms with van der Waals surface area (Å²) in [5.41, 5.74) is 1.07. The fourth-order valence-corrected chi connectivity index (χ4v) is 2.52. The Morgan fingerprint density at radius 2 is 2.00 bits per heavy atom. The van der Waals surface area contributed by atoms with Crippen molar-refractivity contribution in [2.75, 3.05) is 23.4 Å². The molecule has 5 nitrogen and oxygen atoms in total. The molecule has 0 atom stereocenters. The van der Waals surface area contributed by atoms with Crippen molar-refractivity contribution in [3.05, 3.63) is 24.3 Å². The van der Waals surface area contributed by atoms with Gasteiger partial charge in [-0.25, -0.2) is 0 Å². The van der Waals surface area contributed by atoms with E-state index in [0.717, 1.165) is 11.4 Å². The first-order valence-corrected chi connectivity index (χ1v) is 7.66. The second-order valence-corrected chi connectivity index (χ2v) is 6.54. The standard InChI is InChI=1S/C17H24N2O3/c1-12(2)11-15(20)22-10-9-19-14-8-6-5-7-13(14)18-17(3,4)16(19)21/h5-8,12,18H,9-11H2,1-4H3. The molecule has 0 aromatic heterocycles. The zero-order valence-corrected chi connectivity index (χ0v) is 13.7. The van der Waals surface area contributed by atoms with Gasteiger partial charge in [-0.05, 0) is 31.9 Å². The number of nitrogens with zero attached hydrogens (tertiary/aromatic N) is 1. The van der Waals surface area contributed by atoms with Gasteiger partial charge in [0, 0.05) is 6.42 Å². The number of rotatable bonds is 5. The molecule has 0 fully saturated rings. The van der Waals surface area contributed by atoms with Crippen LogP contribution in [0.5, 0.6) is 0 Å². The van der Waals surface area contributed by atoms with E-state index >= 15 is 0 Å². The molecule has 0 bridgehead atoms. The van der Waals surface area contributed by atoms with Gasteiger partial charge in [0.15, 0.2) is 0 Å². The van der Waals surface area contributed by atoms with Crippen molar-refractivity contribution >= 4 is 23.3 Å². The van der Waals surface area contributed by atoms with E-state index in [4.69, 9.17) is 4.74 Å². The number of hydrogen-bond donors (Lipinski definition) is 1. The van der Waals surface area contributed by atoms with Crippen LogP contribution in [0.2, 0.25) is 0 Å². The van der Waals surface area contributed by atoms with E-state index < -0.39 is 5.54 Å². The van der Waals surface area contributed by atoms with Crippen LogP contribution in [0.3, 0.4) is 0 Å². The third-order valence-electron chi connectivity index (χ3n) is 3.57. The van der Waals surface area contributed by atoms with E-state index in [-0.39, 0.29) is 24.4 Å². The number of carbonyl (C=O) groups excluding carboxylic acids is 2. The zero-order valence-electron chi connectivity index (χ0n) is 13.7. The molecule has 1 aliphatic heterocycles. The summed E-state index contributed by atoms with van der Waals surface area (Å²) in [6.07, 6.45) is 0.400. The quantitative estimate of drug-likeness (QED) is 0.850. The average molecular weight is 304 g/mol. The summed E-state index contributed by atoms with van der Waals surface area (Å²) in [5, 5.41) is 3.24. The summed E-state index contributed by atoms with van der Waals surface area (Å²) in [6.45, 7) is 8.22. The first-order chi connectivity index (χ1) is 10.3. The summed E-state index contributed by atoms with van der Waals surface area (Å²) in [7, 11) is 0. The van der Waals surface area contributed by atoms with Gasteiger partial charge in [-0.15, -0.1) is 0 Å². The number of carbonyl (C=O) groups is 2. The highest BCUT2D eigenvalue weighted by molar-refractivity contribution is 6.07. The minimum Gasteiger partial charge on any atom is -0.464 e. The number of fused-ring (bicyclic) bond motifs is 1. The van der Waals surface area contributed by atoms with Gasteiger partial charge in [0.1, 0.15) is 12.1 Å². The predicted octanol–water partition coefficient (Wildman–Crippen LogP) is 2.81. The largest absolute Gasteiger partial charge is 0.464 e. The van der Waals surface area contributed by atoms with Crippen LogP contribution in [0, 0.1) is 5.92 Å². The molecule has 1 aliphatic rings. The maximum Gasteiger partial charge on any atom is 0.306 e. The Morgan fingerprint density at radius 3 is 2.68 bits per heavy atom. The number of esters is 1. The van der Waals surface area contributed by atoms with Crippen LogP contribution in [-0.4, -0.2) is 30.6 Å². The van der Waals surface area contributed by atoms with Crippen LogP contribution < -0.4 is 10.2 Å². The van der Waals surface area contributed by atoms with Gasteiger partial charge in [-0.2, -0.15) is 0 Å². The first kappa shape index (κ1) is 16.3. The molecule has 0 unspecified atom stereocenters. The summed E-state index contributed by atoms with van der Waals surface area (Å²) < 4.78 is 5.23. The zero-order chi connectivity index (χ0) is 16.3. The Morgan fingerprint density at radius 1 is 1.32 bits per heavy atom. The number of benzene rings is 1. The van der Waals surface area contributed by atoms with E-state index in [2.05, 4.69) is 5.32 Å². The summed E-state index contributed by atoms with van der Waals surface area (Å²) in [4.78, 5) is 25.9. The number of amides is 1. The second kappa shape index (κ2) is 6.38. The van der Waals surface area contributed by atoms with Crippen molar-refractivity contribution < 1.29 is 14.3 Å². The van der Waals surface area contributed by atoms with Gasteiger partial charge in [0.05, 0.1) is 17.9 Å². The highest BCUT2D eigenvalue weighted by Gasteiger charge is 2.38. The molecule has 22 heavy (non-hydrogen) atoms. The van der Waals surface area contributed by atoms with Crippen molar-refractivity contribution in [2.24, 2.45) is 5.92 Å². The van der Waals surface area contributed by atoms with Gasteiger partial charge in [0.25, 0.3) is 5.91 Å². The SMILES string of the molecule is CC(C)CC(=O)OCCN1C(=O)C(C)(C)Nc2ccccc21. The van der Waals surface area contributed by atoms with E-state index in [9.17, 15) is 9.59 Å². The Kier molecular flexibility index (Phi) is 4.74. The highest BCUT2D eigenvalue weighted by Crippen LogP contribution is 2.34. The van der Waals surface area contributed by atoms with Crippen LogP contribution >= 0.6 is 0 Å². The first-order valence-electron chi connectivity index (χ1n) is 7.66. The van der Waals surface area contributed by atoms with Crippen LogP contribution in [0.15, 0.2) is 24.3 Å². The molecule has 1 amide bonds. The fourth-order valence-electron chi connectivity index (χ4n) is 2.52. The smallest absolute Gasteiger partial charge is 0.306 e. The molecule has 0 saturated carbocycles. The minimum absolute atomic E-state index is 0.0221. The molecule has 1 heterocycles. The van der Waals surface area contributed by atoms with E-state index in [1.807, 2.05) is 52.0 Å². The lowest BCUT2D eigenvalue weighted by atomic mass is 9.98. The minimum atomic E-state index is -0.670. The number of para-hydroxylation sites is 2. The van der Waals surface area contributed by atoms with Crippen molar-refractivity contribution in [1.29, 1.82) is 0 Å². The Hall–Kier alpha value is -2.04. The molecule has 0 aliphatic carbocycles. The van der Waals surface area contributed by atoms with Crippen LogP contribution in [0.4, 0.5) is 11.4 Å². The van der Waals surface area contributed by atoms with Crippen LogP contribution in [0.25, 0.3) is 0 Å². The summed E-state index contributed by atoms with van der Waals surface area (Å²) in [5.74, 6) is 0.0317.